The predicted octanol–water partition coefficient (Wildman–Crippen LogP) is 1.89. The van der Waals surface area contributed by atoms with Crippen molar-refractivity contribution in [1.29, 1.82) is 0 Å². The normalized spacial score (nSPS) is 17.1. The molecule has 1 aromatic rings. The van der Waals surface area contributed by atoms with Crippen LogP contribution in [0.2, 0.25) is 5.02 Å². The number of halogens is 2. The molecule has 2 rings (SSSR count). The zero-order chi connectivity index (χ0) is 9.97. The average Bonchev–Trinajstić information content (AvgIpc) is 2.19. The summed E-state index contributed by atoms with van der Waals surface area (Å²) < 4.78 is 13.5. The lowest BCUT2D eigenvalue weighted by Gasteiger charge is -2.29. The maximum atomic E-state index is 13.5. The van der Waals surface area contributed by atoms with Crippen LogP contribution in [0, 0.1) is 5.82 Å². The SMILES string of the molecule is Fc1cc(Cl)ccc1N1CCNCC1. The number of anilines is 1. The van der Waals surface area contributed by atoms with Gasteiger partial charge >= 0.3 is 0 Å². The van der Waals surface area contributed by atoms with E-state index in [0.29, 0.717) is 10.7 Å². The summed E-state index contributed by atoms with van der Waals surface area (Å²) in [6.45, 7) is 3.50. The molecule has 0 unspecified atom stereocenters. The highest BCUT2D eigenvalue weighted by molar-refractivity contribution is 6.30. The van der Waals surface area contributed by atoms with Gasteiger partial charge in [-0.1, -0.05) is 11.6 Å². The number of nitrogens with one attached hydrogen (secondary N) is 1. The molecule has 1 aromatic carbocycles. The molecular weight excluding hydrogens is 203 g/mol. The first-order chi connectivity index (χ1) is 6.77. The molecule has 76 valence electrons. The fraction of sp³-hybridized carbons (Fsp3) is 0.400. The topological polar surface area (TPSA) is 15.3 Å². The Morgan fingerprint density at radius 3 is 2.64 bits per heavy atom. The molecule has 1 saturated heterocycles. The molecule has 0 aromatic heterocycles. The fourth-order valence-corrected chi connectivity index (χ4v) is 1.80. The lowest BCUT2D eigenvalue weighted by atomic mass is 10.2. The summed E-state index contributed by atoms with van der Waals surface area (Å²) in [5, 5.41) is 3.67. The maximum absolute atomic E-state index is 13.5. The Kier molecular flexibility index (Phi) is 2.89. The van der Waals surface area contributed by atoms with Crippen LogP contribution in [0.4, 0.5) is 10.1 Å². The van der Waals surface area contributed by atoms with Gasteiger partial charge in [0.25, 0.3) is 0 Å². The van der Waals surface area contributed by atoms with E-state index in [2.05, 4.69) is 5.32 Å². The van der Waals surface area contributed by atoms with Gasteiger partial charge in [0.05, 0.1) is 5.69 Å². The second kappa shape index (κ2) is 4.15. The van der Waals surface area contributed by atoms with Crippen LogP contribution in [0.25, 0.3) is 0 Å². The Labute approximate surface area is 87.7 Å². The summed E-state index contributed by atoms with van der Waals surface area (Å²) in [4.78, 5) is 2.03. The van der Waals surface area contributed by atoms with Crippen LogP contribution in [-0.4, -0.2) is 26.2 Å². The Morgan fingerprint density at radius 1 is 1.29 bits per heavy atom. The van der Waals surface area contributed by atoms with Crippen molar-refractivity contribution in [3.8, 4) is 0 Å². The summed E-state index contributed by atoms with van der Waals surface area (Å²) in [7, 11) is 0. The predicted molar refractivity (Wildman–Crippen MR) is 56.5 cm³/mol. The molecule has 0 amide bonds. The molecule has 0 radical (unpaired) electrons. The van der Waals surface area contributed by atoms with E-state index in [-0.39, 0.29) is 5.82 Å². The van der Waals surface area contributed by atoms with Gasteiger partial charge in [0.2, 0.25) is 0 Å². The standard InChI is InChI=1S/C10H12ClFN2/c11-8-1-2-10(9(12)7-8)14-5-3-13-4-6-14/h1-2,7,13H,3-6H2. The molecule has 0 spiro atoms. The zero-order valence-electron chi connectivity index (χ0n) is 7.76. The summed E-state index contributed by atoms with van der Waals surface area (Å²) in [6.07, 6.45) is 0. The molecule has 1 fully saturated rings. The van der Waals surface area contributed by atoms with Crippen LogP contribution in [0.5, 0.6) is 0 Å². The van der Waals surface area contributed by atoms with Crippen LogP contribution >= 0.6 is 11.6 Å². The smallest absolute Gasteiger partial charge is 0.147 e. The van der Waals surface area contributed by atoms with Crippen molar-refractivity contribution in [2.75, 3.05) is 31.1 Å². The van der Waals surface area contributed by atoms with E-state index >= 15 is 0 Å². The second-order valence-corrected chi connectivity index (χ2v) is 3.77. The molecule has 4 heteroatoms. The minimum absolute atomic E-state index is 0.237. The number of benzene rings is 1. The first-order valence-corrected chi connectivity index (χ1v) is 5.06. The Morgan fingerprint density at radius 2 is 2.00 bits per heavy atom. The second-order valence-electron chi connectivity index (χ2n) is 3.33. The Balaban J connectivity index is 2.22. The third kappa shape index (κ3) is 1.99. The molecule has 2 nitrogen and oxygen atoms in total. The van der Waals surface area contributed by atoms with Crippen LogP contribution in [-0.2, 0) is 0 Å². The largest absolute Gasteiger partial charge is 0.367 e. The highest BCUT2D eigenvalue weighted by Crippen LogP contribution is 2.22. The van der Waals surface area contributed by atoms with Gasteiger partial charge in [0.15, 0.2) is 0 Å². The average molecular weight is 215 g/mol. The monoisotopic (exact) mass is 214 g/mol. The van der Waals surface area contributed by atoms with Crippen LogP contribution in [0.3, 0.4) is 0 Å². The van der Waals surface area contributed by atoms with Gasteiger partial charge in [-0.3, -0.25) is 0 Å². The third-order valence-electron chi connectivity index (χ3n) is 2.37. The molecule has 1 heterocycles. The minimum Gasteiger partial charge on any atom is -0.367 e. The lowest BCUT2D eigenvalue weighted by Crippen LogP contribution is -2.43. The molecule has 1 N–H and O–H groups in total. The maximum Gasteiger partial charge on any atom is 0.147 e. The Hall–Kier alpha value is -0.800. The fourth-order valence-electron chi connectivity index (χ4n) is 1.64. The van der Waals surface area contributed by atoms with Crippen molar-refractivity contribution in [1.82, 2.24) is 5.32 Å². The van der Waals surface area contributed by atoms with Gasteiger partial charge in [0.1, 0.15) is 5.82 Å². The molecule has 0 atom stereocenters. The number of nitrogens with zero attached hydrogens (tertiary/aromatic N) is 1. The number of piperazine rings is 1. The number of hydrogen-bond acceptors (Lipinski definition) is 2. The van der Waals surface area contributed by atoms with E-state index in [1.54, 1.807) is 12.1 Å². The summed E-state index contributed by atoms with van der Waals surface area (Å²) in [5.74, 6) is -0.237. The van der Waals surface area contributed by atoms with Crippen molar-refractivity contribution >= 4 is 17.3 Å². The molecule has 14 heavy (non-hydrogen) atoms. The molecule has 0 aliphatic carbocycles. The molecule has 0 bridgehead atoms. The minimum atomic E-state index is -0.237. The molecule has 1 aliphatic heterocycles. The van der Waals surface area contributed by atoms with Gasteiger partial charge in [-0.25, -0.2) is 4.39 Å². The quantitative estimate of drug-likeness (QED) is 0.768. The van der Waals surface area contributed by atoms with Gasteiger partial charge in [0, 0.05) is 31.2 Å². The van der Waals surface area contributed by atoms with Crippen LogP contribution in [0.15, 0.2) is 18.2 Å². The molecule has 0 saturated carbocycles. The van der Waals surface area contributed by atoms with E-state index in [0.717, 1.165) is 26.2 Å². The van der Waals surface area contributed by atoms with Crippen molar-refractivity contribution in [3.63, 3.8) is 0 Å². The third-order valence-corrected chi connectivity index (χ3v) is 2.60. The zero-order valence-corrected chi connectivity index (χ0v) is 8.52. The Bertz CT molecular complexity index is 324. The van der Waals surface area contributed by atoms with E-state index in [4.69, 9.17) is 11.6 Å². The van der Waals surface area contributed by atoms with Gasteiger partial charge in [-0.2, -0.15) is 0 Å². The highest BCUT2D eigenvalue weighted by Gasteiger charge is 2.13. The summed E-state index contributed by atoms with van der Waals surface area (Å²) in [5.41, 5.74) is 0.649. The van der Waals surface area contributed by atoms with E-state index < -0.39 is 0 Å². The van der Waals surface area contributed by atoms with Crippen LogP contribution in [0.1, 0.15) is 0 Å². The van der Waals surface area contributed by atoms with E-state index in [1.807, 2.05) is 4.90 Å². The van der Waals surface area contributed by atoms with Crippen molar-refractivity contribution in [2.45, 2.75) is 0 Å². The summed E-state index contributed by atoms with van der Waals surface area (Å²) in [6, 6.07) is 4.82. The number of rotatable bonds is 1. The van der Waals surface area contributed by atoms with Crippen LogP contribution < -0.4 is 10.2 Å². The lowest BCUT2D eigenvalue weighted by molar-refractivity contribution is 0.566. The summed E-state index contributed by atoms with van der Waals surface area (Å²) >= 11 is 5.69. The van der Waals surface area contributed by atoms with Gasteiger partial charge in [-0.05, 0) is 18.2 Å². The van der Waals surface area contributed by atoms with Gasteiger partial charge < -0.3 is 10.2 Å². The first kappa shape index (κ1) is 9.74. The van der Waals surface area contributed by atoms with E-state index in [1.165, 1.54) is 6.07 Å². The highest BCUT2D eigenvalue weighted by atomic mass is 35.5. The van der Waals surface area contributed by atoms with Crippen molar-refractivity contribution in [3.05, 3.63) is 29.0 Å². The molecular formula is C10H12ClFN2. The van der Waals surface area contributed by atoms with Crippen molar-refractivity contribution in [2.24, 2.45) is 0 Å². The molecule has 1 aliphatic rings. The first-order valence-electron chi connectivity index (χ1n) is 4.68. The van der Waals surface area contributed by atoms with E-state index in [9.17, 15) is 4.39 Å². The number of hydrogen-bond donors (Lipinski definition) is 1. The van der Waals surface area contributed by atoms with Crippen molar-refractivity contribution < 1.29 is 4.39 Å². The van der Waals surface area contributed by atoms with Gasteiger partial charge in [-0.15, -0.1) is 0 Å².